The van der Waals surface area contributed by atoms with Gasteiger partial charge in [-0.05, 0) is 18.4 Å². The number of nitrogens with zero attached hydrogens (tertiary/aromatic N) is 1. The summed E-state index contributed by atoms with van der Waals surface area (Å²) in [6.07, 6.45) is 2.59. The lowest BCUT2D eigenvalue weighted by Crippen LogP contribution is -2.15. The second kappa shape index (κ2) is 3.42. The topological polar surface area (TPSA) is 94.0 Å². The third-order valence-corrected chi connectivity index (χ3v) is 2.64. The number of carbonyl (C=O) groups is 1. The van der Waals surface area contributed by atoms with Gasteiger partial charge in [-0.1, -0.05) is 6.92 Å². The number of pyridine rings is 1. The Hall–Kier alpha value is -1.78. The lowest BCUT2D eigenvalue weighted by molar-refractivity contribution is 0.100. The van der Waals surface area contributed by atoms with Crippen LogP contribution < -0.4 is 16.8 Å². The summed E-state index contributed by atoms with van der Waals surface area (Å²) < 4.78 is 0. The van der Waals surface area contributed by atoms with Crippen molar-refractivity contribution < 1.29 is 4.79 Å². The zero-order chi connectivity index (χ0) is 11.0. The van der Waals surface area contributed by atoms with Crippen LogP contribution in [0.5, 0.6) is 0 Å². The molecule has 2 unspecified atom stereocenters. The fraction of sp³-hybridized carbons (Fsp3) is 0.400. The zero-order valence-electron chi connectivity index (χ0n) is 8.53. The van der Waals surface area contributed by atoms with Crippen molar-refractivity contribution in [1.29, 1.82) is 0 Å². The average Bonchev–Trinajstić information content (AvgIpc) is 2.85. The number of amides is 1. The van der Waals surface area contributed by atoms with E-state index in [0.29, 0.717) is 29.0 Å². The molecule has 1 aliphatic carbocycles. The molecule has 1 aromatic heterocycles. The van der Waals surface area contributed by atoms with Crippen molar-refractivity contribution in [2.75, 3.05) is 11.1 Å². The number of nitrogens with two attached hydrogens (primary N) is 2. The molecule has 2 atom stereocenters. The van der Waals surface area contributed by atoms with Crippen LogP contribution in [0.4, 0.5) is 11.5 Å². The van der Waals surface area contributed by atoms with Crippen LogP contribution in [-0.4, -0.2) is 16.9 Å². The first-order valence-corrected chi connectivity index (χ1v) is 4.90. The fourth-order valence-electron chi connectivity index (χ4n) is 1.47. The summed E-state index contributed by atoms with van der Waals surface area (Å²) in [5, 5.41) is 3.21. The van der Waals surface area contributed by atoms with Crippen molar-refractivity contribution in [3.05, 3.63) is 17.8 Å². The molecule has 1 fully saturated rings. The van der Waals surface area contributed by atoms with Crippen LogP contribution >= 0.6 is 0 Å². The Labute approximate surface area is 87.9 Å². The maximum Gasteiger partial charge on any atom is 0.250 e. The standard InChI is InChI=1S/C10H14N4O/c1-5-2-8(5)14-9-3-6(10(12)15)7(11)4-13-9/h3-5,8H,2,11H2,1H3,(H2,12,15)(H,13,14). The highest BCUT2D eigenvalue weighted by Gasteiger charge is 2.32. The van der Waals surface area contributed by atoms with E-state index < -0.39 is 5.91 Å². The lowest BCUT2D eigenvalue weighted by Gasteiger charge is -2.06. The quantitative estimate of drug-likeness (QED) is 0.674. The Morgan fingerprint density at radius 3 is 2.87 bits per heavy atom. The molecule has 5 nitrogen and oxygen atoms in total. The summed E-state index contributed by atoms with van der Waals surface area (Å²) in [5.41, 5.74) is 11.4. The van der Waals surface area contributed by atoms with Gasteiger partial charge in [0.15, 0.2) is 0 Å². The third kappa shape index (κ3) is 2.01. The molecule has 0 spiro atoms. The summed E-state index contributed by atoms with van der Waals surface area (Å²) in [5.74, 6) is 0.801. The molecule has 5 N–H and O–H groups in total. The Balaban J connectivity index is 2.18. The number of nitrogen functional groups attached to an aromatic ring is 1. The second-order valence-corrected chi connectivity index (χ2v) is 3.98. The van der Waals surface area contributed by atoms with Gasteiger partial charge in [-0.2, -0.15) is 0 Å². The second-order valence-electron chi connectivity index (χ2n) is 3.98. The highest BCUT2D eigenvalue weighted by Crippen LogP contribution is 2.32. The van der Waals surface area contributed by atoms with Gasteiger partial charge < -0.3 is 16.8 Å². The average molecular weight is 206 g/mol. The molecule has 1 aliphatic rings. The number of aromatic nitrogens is 1. The minimum absolute atomic E-state index is 0.317. The van der Waals surface area contributed by atoms with E-state index in [4.69, 9.17) is 11.5 Å². The fourth-order valence-corrected chi connectivity index (χ4v) is 1.47. The number of primary amides is 1. The van der Waals surface area contributed by atoms with E-state index in [0.717, 1.165) is 6.42 Å². The van der Waals surface area contributed by atoms with E-state index in [9.17, 15) is 4.79 Å². The van der Waals surface area contributed by atoms with Gasteiger partial charge in [0.2, 0.25) is 0 Å². The number of rotatable bonds is 3. The van der Waals surface area contributed by atoms with Crippen molar-refractivity contribution in [2.45, 2.75) is 19.4 Å². The number of carbonyl (C=O) groups excluding carboxylic acids is 1. The summed E-state index contributed by atoms with van der Waals surface area (Å²) in [4.78, 5) is 15.1. The van der Waals surface area contributed by atoms with E-state index in [1.165, 1.54) is 6.20 Å². The van der Waals surface area contributed by atoms with Crippen molar-refractivity contribution in [3.63, 3.8) is 0 Å². The summed E-state index contributed by atoms with van der Waals surface area (Å²) in [6, 6.07) is 2.06. The van der Waals surface area contributed by atoms with Crippen molar-refractivity contribution in [2.24, 2.45) is 11.7 Å². The Kier molecular flexibility index (Phi) is 2.22. The van der Waals surface area contributed by atoms with Crippen molar-refractivity contribution in [3.8, 4) is 0 Å². The van der Waals surface area contributed by atoms with Crippen LogP contribution in [0.3, 0.4) is 0 Å². The first-order chi connectivity index (χ1) is 7.08. The molecule has 1 amide bonds. The first kappa shape index (κ1) is 9.76. The van der Waals surface area contributed by atoms with E-state index in [1.807, 2.05) is 0 Å². The summed E-state index contributed by atoms with van der Waals surface area (Å²) in [7, 11) is 0. The molecule has 15 heavy (non-hydrogen) atoms. The third-order valence-electron chi connectivity index (χ3n) is 2.64. The van der Waals surface area contributed by atoms with Gasteiger partial charge in [0.25, 0.3) is 5.91 Å². The highest BCUT2D eigenvalue weighted by atomic mass is 16.1. The molecule has 0 bridgehead atoms. The van der Waals surface area contributed by atoms with Gasteiger partial charge in [0.05, 0.1) is 17.4 Å². The molecule has 80 valence electrons. The smallest absolute Gasteiger partial charge is 0.250 e. The Morgan fingerprint density at radius 1 is 1.67 bits per heavy atom. The lowest BCUT2D eigenvalue weighted by atomic mass is 10.2. The molecule has 2 rings (SSSR count). The molecule has 1 heterocycles. The maximum absolute atomic E-state index is 11.0. The zero-order valence-corrected chi connectivity index (χ0v) is 8.53. The predicted octanol–water partition coefficient (Wildman–Crippen LogP) is 0.583. The van der Waals surface area contributed by atoms with Gasteiger partial charge in [-0.15, -0.1) is 0 Å². The largest absolute Gasteiger partial charge is 0.397 e. The number of hydrogen-bond acceptors (Lipinski definition) is 4. The van der Waals surface area contributed by atoms with Gasteiger partial charge in [-0.25, -0.2) is 4.98 Å². The molecule has 0 aromatic carbocycles. The normalized spacial score (nSPS) is 23.5. The van der Waals surface area contributed by atoms with Crippen molar-refractivity contribution >= 4 is 17.4 Å². The van der Waals surface area contributed by atoms with Crippen LogP contribution in [0, 0.1) is 5.92 Å². The first-order valence-electron chi connectivity index (χ1n) is 4.90. The maximum atomic E-state index is 11.0. The monoisotopic (exact) mass is 206 g/mol. The summed E-state index contributed by atoms with van der Waals surface area (Å²) in [6.45, 7) is 2.16. The molecular weight excluding hydrogens is 192 g/mol. The molecule has 1 saturated carbocycles. The van der Waals surface area contributed by atoms with Crippen LogP contribution in [0.15, 0.2) is 12.3 Å². The Bertz CT molecular complexity index is 404. The van der Waals surface area contributed by atoms with Gasteiger partial charge >= 0.3 is 0 Å². The minimum Gasteiger partial charge on any atom is -0.397 e. The molecule has 0 aliphatic heterocycles. The van der Waals surface area contributed by atoms with E-state index in [1.54, 1.807) is 6.07 Å². The molecule has 1 aromatic rings. The highest BCUT2D eigenvalue weighted by molar-refractivity contribution is 5.98. The predicted molar refractivity (Wildman–Crippen MR) is 58.4 cm³/mol. The molecule has 5 heteroatoms. The van der Waals surface area contributed by atoms with Crippen LogP contribution in [0.1, 0.15) is 23.7 Å². The number of anilines is 2. The van der Waals surface area contributed by atoms with Crippen LogP contribution in [0.25, 0.3) is 0 Å². The van der Waals surface area contributed by atoms with Crippen LogP contribution in [0.2, 0.25) is 0 Å². The minimum atomic E-state index is -0.526. The molecule has 0 saturated heterocycles. The number of nitrogens with one attached hydrogen (secondary N) is 1. The van der Waals surface area contributed by atoms with E-state index in [2.05, 4.69) is 17.2 Å². The number of hydrogen-bond donors (Lipinski definition) is 3. The Morgan fingerprint density at radius 2 is 2.33 bits per heavy atom. The van der Waals surface area contributed by atoms with Crippen molar-refractivity contribution in [1.82, 2.24) is 4.98 Å². The van der Waals surface area contributed by atoms with E-state index >= 15 is 0 Å². The van der Waals surface area contributed by atoms with E-state index in [-0.39, 0.29) is 0 Å². The van der Waals surface area contributed by atoms with Gasteiger partial charge in [0, 0.05) is 6.04 Å². The van der Waals surface area contributed by atoms with Gasteiger partial charge in [0.1, 0.15) is 5.82 Å². The van der Waals surface area contributed by atoms with Crippen LogP contribution in [-0.2, 0) is 0 Å². The molecular formula is C10H14N4O. The summed E-state index contributed by atoms with van der Waals surface area (Å²) >= 11 is 0. The molecule has 0 radical (unpaired) electrons. The van der Waals surface area contributed by atoms with Gasteiger partial charge in [-0.3, -0.25) is 4.79 Å². The SMILES string of the molecule is CC1CC1Nc1cc(C(N)=O)c(N)cn1.